The maximum atomic E-state index is 11.5. The van der Waals surface area contributed by atoms with E-state index < -0.39 is 17.5 Å². The van der Waals surface area contributed by atoms with Crippen molar-refractivity contribution in [1.29, 1.82) is 0 Å². The van der Waals surface area contributed by atoms with Crippen molar-refractivity contribution >= 4 is 17.5 Å². The average molecular weight is 199 g/mol. The van der Waals surface area contributed by atoms with Crippen molar-refractivity contribution in [3.63, 3.8) is 0 Å². The van der Waals surface area contributed by atoms with Crippen LogP contribution in [0.3, 0.4) is 0 Å². The van der Waals surface area contributed by atoms with E-state index in [4.69, 9.17) is 10.3 Å². The van der Waals surface area contributed by atoms with Crippen LogP contribution in [-0.2, 0) is 9.59 Å². The van der Waals surface area contributed by atoms with Gasteiger partial charge in [-0.3, -0.25) is 4.79 Å². The third-order valence-corrected chi connectivity index (χ3v) is 2.51. The Morgan fingerprint density at radius 2 is 1.71 bits per heavy atom. The minimum absolute atomic E-state index is 0.272. The second-order valence-corrected chi connectivity index (χ2v) is 3.45. The molecule has 5 heteroatoms. The van der Waals surface area contributed by atoms with Gasteiger partial charge in [0.05, 0.1) is 0 Å². The first-order valence-corrected chi connectivity index (χ1v) is 4.66. The standard InChI is InChI=1S/C9H13NO4/c11-8(7(10-14)9(12)13)6-4-2-1-3-5-6/h6,14H,1-5H2,(H,12,13)/b10-7-. The fourth-order valence-corrected chi connectivity index (χ4v) is 1.76. The molecule has 0 aromatic carbocycles. The molecule has 0 atom stereocenters. The predicted molar refractivity (Wildman–Crippen MR) is 48.4 cm³/mol. The van der Waals surface area contributed by atoms with Gasteiger partial charge in [-0.05, 0) is 12.8 Å². The molecule has 0 spiro atoms. The summed E-state index contributed by atoms with van der Waals surface area (Å²) in [7, 11) is 0. The van der Waals surface area contributed by atoms with Crippen LogP contribution in [0, 0.1) is 5.92 Å². The van der Waals surface area contributed by atoms with Gasteiger partial charge in [0.2, 0.25) is 5.71 Å². The lowest BCUT2D eigenvalue weighted by Crippen LogP contribution is -2.31. The fourth-order valence-electron chi connectivity index (χ4n) is 1.76. The van der Waals surface area contributed by atoms with Crippen molar-refractivity contribution in [1.82, 2.24) is 0 Å². The molecule has 0 aromatic rings. The molecule has 0 aliphatic heterocycles. The Morgan fingerprint density at radius 3 is 2.14 bits per heavy atom. The number of nitrogens with zero attached hydrogens (tertiary/aromatic N) is 1. The van der Waals surface area contributed by atoms with Crippen LogP contribution in [0.2, 0.25) is 0 Å². The number of ketones is 1. The van der Waals surface area contributed by atoms with Crippen LogP contribution in [0.5, 0.6) is 0 Å². The van der Waals surface area contributed by atoms with E-state index in [0.29, 0.717) is 12.8 Å². The zero-order valence-corrected chi connectivity index (χ0v) is 7.77. The SMILES string of the molecule is O=C(O)/C(=N\O)C(=O)C1CCCCC1. The Labute approximate surface area is 81.4 Å². The van der Waals surface area contributed by atoms with Crippen molar-refractivity contribution in [2.45, 2.75) is 32.1 Å². The third-order valence-electron chi connectivity index (χ3n) is 2.51. The lowest BCUT2D eigenvalue weighted by molar-refractivity contribution is -0.131. The highest BCUT2D eigenvalue weighted by Gasteiger charge is 2.29. The van der Waals surface area contributed by atoms with Crippen LogP contribution in [0.25, 0.3) is 0 Å². The normalized spacial score (nSPS) is 19.3. The van der Waals surface area contributed by atoms with E-state index in [1.807, 2.05) is 0 Å². The van der Waals surface area contributed by atoms with E-state index in [9.17, 15) is 9.59 Å². The highest BCUT2D eigenvalue weighted by molar-refractivity contribution is 6.64. The molecular weight excluding hydrogens is 186 g/mol. The Hall–Kier alpha value is -1.39. The molecule has 0 bridgehead atoms. The molecule has 1 aliphatic carbocycles. The summed E-state index contributed by atoms with van der Waals surface area (Å²) in [5.41, 5.74) is -0.739. The number of carbonyl (C=O) groups is 2. The Kier molecular flexibility index (Phi) is 3.62. The molecule has 1 rings (SSSR count). The molecular formula is C9H13NO4. The zero-order valence-electron chi connectivity index (χ0n) is 7.77. The molecule has 1 saturated carbocycles. The van der Waals surface area contributed by atoms with Crippen molar-refractivity contribution in [3.05, 3.63) is 0 Å². The number of rotatable bonds is 3. The van der Waals surface area contributed by atoms with Crippen LogP contribution in [-0.4, -0.2) is 27.8 Å². The largest absolute Gasteiger partial charge is 0.476 e. The number of hydrogen-bond donors (Lipinski definition) is 2. The molecule has 1 aliphatic rings. The lowest BCUT2D eigenvalue weighted by atomic mass is 9.85. The summed E-state index contributed by atoms with van der Waals surface area (Å²) in [5.74, 6) is -2.27. The molecule has 0 unspecified atom stereocenters. The van der Waals surface area contributed by atoms with Gasteiger partial charge in [-0.2, -0.15) is 0 Å². The van der Waals surface area contributed by atoms with Crippen LogP contribution in [0.4, 0.5) is 0 Å². The monoisotopic (exact) mass is 199 g/mol. The van der Waals surface area contributed by atoms with Crippen LogP contribution >= 0.6 is 0 Å². The Bertz CT molecular complexity index is 266. The minimum Gasteiger partial charge on any atom is -0.476 e. The summed E-state index contributed by atoms with van der Waals surface area (Å²) < 4.78 is 0. The minimum atomic E-state index is -1.46. The molecule has 0 heterocycles. The second kappa shape index (κ2) is 4.74. The molecule has 0 saturated heterocycles. The van der Waals surface area contributed by atoms with Gasteiger partial charge in [0.15, 0.2) is 5.78 Å². The topological polar surface area (TPSA) is 87.0 Å². The van der Waals surface area contributed by atoms with Gasteiger partial charge < -0.3 is 10.3 Å². The molecule has 78 valence electrons. The maximum absolute atomic E-state index is 11.5. The van der Waals surface area contributed by atoms with Gasteiger partial charge in [0.25, 0.3) is 0 Å². The van der Waals surface area contributed by atoms with E-state index >= 15 is 0 Å². The van der Waals surface area contributed by atoms with Crippen LogP contribution in [0.15, 0.2) is 5.16 Å². The molecule has 5 nitrogen and oxygen atoms in total. The summed E-state index contributed by atoms with van der Waals surface area (Å²) in [6.07, 6.45) is 4.36. The third kappa shape index (κ3) is 2.31. The predicted octanol–water partition coefficient (Wildman–Crippen LogP) is 1.05. The quantitative estimate of drug-likeness (QED) is 0.308. The number of carboxylic acids is 1. The molecule has 1 fully saturated rings. The molecule has 0 aromatic heterocycles. The molecule has 2 N–H and O–H groups in total. The first kappa shape index (κ1) is 10.7. The fraction of sp³-hybridized carbons (Fsp3) is 0.667. The van der Waals surface area contributed by atoms with E-state index in [0.717, 1.165) is 19.3 Å². The van der Waals surface area contributed by atoms with E-state index in [-0.39, 0.29) is 5.92 Å². The van der Waals surface area contributed by atoms with E-state index in [1.54, 1.807) is 0 Å². The number of oxime groups is 1. The first-order valence-electron chi connectivity index (χ1n) is 4.66. The van der Waals surface area contributed by atoms with Gasteiger partial charge in [-0.25, -0.2) is 4.79 Å². The summed E-state index contributed by atoms with van der Waals surface area (Å²) in [4.78, 5) is 22.0. The highest BCUT2D eigenvalue weighted by atomic mass is 16.4. The van der Waals surface area contributed by atoms with Gasteiger partial charge in [-0.1, -0.05) is 24.4 Å². The lowest BCUT2D eigenvalue weighted by Gasteiger charge is -2.19. The summed E-state index contributed by atoms with van der Waals surface area (Å²) in [5, 5.41) is 19.5. The Morgan fingerprint density at radius 1 is 1.14 bits per heavy atom. The smallest absolute Gasteiger partial charge is 0.361 e. The van der Waals surface area contributed by atoms with Crippen LogP contribution < -0.4 is 0 Å². The average Bonchev–Trinajstić information content (AvgIpc) is 2.19. The van der Waals surface area contributed by atoms with Crippen molar-refractivity contribution in [3.8, 4) is 0 Å². The second-order valence-electron chi connectivity index (χ2n) is 3.45. The molecule has 14 heavy (non-hydrogen) atoms. The zero-order chi connectivity index (χ0) is 10.6. The maximum Gasteiger partial charge on any atom is 0.361 e. The number of hydrogen-bond acceptors (Lipinski definition) is 4. The van der Waals surface area contributed by atoms with Gasteiger partial charge >= 0.3 is 5.97 Å². The molecule has 0 amide bonds. The van der Waals surface area contributed by atoms with E-state index in [2.05, 4.69) is 5.16 Å². The van der Waals surface area contributed by atoms with Crippen molar-refractivity contribution in [2.75, 3.05) is 0 Å². The first-order chi connectivity index (χ1) is 6.66. The number of carbonyl (C=O) groups excluding carboxylic acids is 1. The summed E-state index contributed by atoms with van der Waals surface area (Å²) >= 11 is 0. The van der Waals surface area contributed by atoms with Gasteiger partial charge in [0.1, 0.15) is 0 Å². The van der Waals surface area contributed by atoms with E-state index in [1.165, 1.54) is 0 Å². The van der Waals surface area contributed by atoms with Crippen molar-refractivity contribution in [2.24, 2.45) is 11.1 Å². The number of aliphatic carboxylic acids is 1. The van der Waals surface area contributed by atoms with Gasteiger partial charge in [0, 0.05) is 5.92 Å². The number of Topliss-reactive ketones (excluding diaryl/α,β-unsaturated/α-hetero) is 1. The Balaban J connectivity index is 2.67. The summed E-state index contributed by atoms with van der Waals surface area (Å²) in [6, 6.07) is 0. The van der Waals surface area contributed by atoms with Crippen molar-refractivity contribution < 1.29 is 19.9 Å². The number of carboxylic acid groups (broad SMARTS) is 1. The molecule has 0 radical (unpaired) electrons. The highest BCUT2D eigenvalue weighted by Crippen LogP contribution is 2.24. The van der Waals surface area contributed by atoms with Crippen LogP contribution in [0.1, 0.15) is 32.1 Å². The summed E-state index contributed by atoms with van der Waals surface area (Å²) in [6.45, 7) is 0. The van der Waals surface area contributed by atoms with Gasteiger partial charge in [-0.15, -0.1) is 0 Å².